The molecule has 0 spiro atoms. The second kappa shape index (κ2) is 6.83. The molecule has 1 amide bonds. The second-order valence-electron chi connectivity index (χ2n) is 6.98. The van der Waals surface area contributed by atoms with Crippen LogP contribution >= 0.6 is 0 Å². The molecule has 6 heteroatoms. The zero-order chi connectivity index (χ0) is 15.6. The predicted octanol–water partition coefficient (Wildman–Crippen LogP) is 0.240. The predicted molar refractivity (Wildman–Crippen MR) is 81.6 cm³/mol. The van der Waals surface area contributed by atoms with Gasteiger partial charge in [-0.3, -0.25) is 9.69 Å². The third kappa shape index (κ3) is 3.45. The molecule has 1 saturated carbocycles. The normalized spacial score (nSPS) is 32.3. The molecule has 0 bridgehead atoms. The lowest BCUT2D eigenvalue weighted by Crippen LogP contribution is -2.55. The number of ether oxygens (including phenoxy) is 2. The third-order valence-corrected chi connectivity index (χ3v) is 5.29. The van der Waals surface area contributed by atoms with Crippen molar-refractivity contribution in [3.8, 4) is 0 Å². The molecule has 126 valence electrons. The summed E-state index contributed by atoms with van der Waals surface area (Å²) in [6.07, 6.45) is 5.33. The maximum Gasteiger partial charge on any atom is 0.249 e. The number of methoxy groups -OCH3 is 1. The largest absolute Gasteiger partial charge is 0.389 e. The van der Waals surface area contributed by atoms with E-state index in [0.717, 1.165) is 38.8 Å². The maximum absolute atomic E-state index is 12.1. The second-order valence-corrected chi connectivity index (χ2v) is 6.98. The monoisotopic (exact) mass is 312 g/mol. The van der Waals surface area contributed by atoms with Crippen molar-refractivity contribution in [1.82, 2.24) is 9.80 Å². The number of nitrogens with zero attached hydrogens (tertiary/aromatic N) is 2. The first-order valence-electron chi connectivity index (χ1n) is 8.46. The Kier molecular flexibility index (Phi) is 5.02. The van der Waals surface area contributed by atoms with Gasteiger partial charge >= 0.3 is 0 Å². The number of carbonyl (C=O) groups excluding carboxylic acids is 1. The number of carbonyl (C=O) groups is 1. The number of morpholine rings is 1. The number of aliphatic hydroxyl groups is 1. The molecule has 0 aromatic rings. The summed E-state index contributed by atoms with van der Waals surface area (Å²) in [5.74, 6) is 0.0523. The van der Waals surface area contributed by atoms with Gasteiger partial charge in [0, 0.05) is 33.3 Å². The number of rotatable bonds is 5. The SMILES string of the molecule is COCCN1C(=O)CO[C@H]2CN(CC3(O)CCCCC3)C[C@@H]21. The lowest BCUT2D eigenvalue weighted by molar-refractivity contribution is -0.153. The molecule has 6 nitrogen and oxygen atoms in total. The Balaban J connectivity index is 1.60. The van der Waals surface area contributed by atoms with Crippen LogP contribution in [-0.4, -0.2) is 85.1 Å². The topological polar surface area (TPSA) is 62.2 Å². The van der Waals surface area contributed by atoms with E-state index in [1.54, 1.807) is 7.11 Å². The quantitative estimate of drug-likeness (QED) is 0.788. The molecule has 0 unspecified atom stereocenters. The Labute approximate surface area is 132 Å². The van der Waals surface area contributed by atoms with E-state index in [4.69, 9.17) is 9.47 Å². The molecule has 2 atom stereocenters. The van der Waals surface area contributed by atoms with Crippen molar-refractivity contribution in [2.24, 2.45) is 0 Å². The zero-order valence-electron chi connectivity index (χ0n) is 13.5. The van der Waals surface area contributed by atoms with E-state index in [9.17, 15) is 9.90 Å². The van der Waals surface area contributed by atoms with Crippen LogP contribution in [0.4, 0.5) is 0 Å². The van der Waals surface area contributed by atoms with Gasteiger partial charge in [0.05, 0.1) is 24.4 Å². The number of amides is 1. The van der Waals surface area contributed by atoms with Crippen molar-refractivity contribution in [3.63, 3.8) is 0 Å². The molecule has 1 aliphatic carbocycles. The Bertz CT molecular complexity index is 398. The molecule has 0 aromatic carbocycles. The summed E-state index contributed by atoms with van der Waals surface area (Å²) in [6, 6.07) is 0.101. The summed E-state index contributed by atoms with van der Waals surface area (Å²) in [5, 5.41) is 10.7. The van der Waals surface area contributed by atoms with Crippen LogP contribution in [0.5, 0.6) is 0 Å². The number of hydrogen-bond acceptors (Lipinski definition) is 5. The van der Waals surface area contributed by atoms with Crippen LogP contribution in [-0.2, 0) is 14.3 Å². The van der Waals surface area contributed by atoms with Crippen molar-refractivity contribution < 1.29 is 19.4 Å². The average Bonchev–Trinajstić information content (AvgIpc) is 2.89. The molecule has 2 aliphatic heterocycles. The first-order chi connectivity index (χ1) is 10.6. The van der Waals surface area contributed by atoms with Gasteiger partial charge < -0.3 is 19.5 Å². The molecule has 0 aromatic heterocycles. The summed E-state index contributed by atoms with van der Waals surface area (Å²) in [6.45, 7) is 3.65. The Morgan fingerprint density at radius 3 is 2.82 bits per heavy atom. The van der Waals surface area contributed by atoms with Crippen molar-refractivity contribution in [1.29, 1.82) is 0 Å². The van der Waals surface area contributed by atoms with Crippen LogP contribution in [0.2, 0.25) is 0 Å². The van der Waals surface area contributed by atoms with E-state index >= 15 is 0 Å². The fourth-order valence-electron chi connectivity index (χ4n) is 4.14. The van der Waals surface area contributed by atoms with Crippen molar-refractivity contribution >= 4 is 5.91 Å². The van der Waals surface area contributed by atoms with Crippen LogP contribution in [0.1, 0.15) is 32.1 Å². The summed E-state index contributed by atoms with van der Waals surface area (Å²) in [4.78, 5) is 16.3. The minimum absolute atomic E-state index is 0.0523. The molecular formula is C16H28N2O4. The number of hydrogen-bond donors (Lipinski definition) is 1. The first kappa shape index (κ1) is 16.2. The van der Waals surface area contributed by atoms with Crippen molar-refractivity contribution in [2.75, 3.05) is 46.5 Å². The molecule has 3 rings (SSSR count). The standard InChI is InChI=1S/C16H28N2O4/c1-21-8-7-18-13-9-17(10-14(13)22-11-15(18)19)12-16(20)5-3-2-4-6-16/h13-14,20H,2-12H2,1H3/t13-,14-/m0/s1. The summed E-state index contributed by atoms with van der Waals surface area (Å²) in [5.41, 5.74) is -0.548. The lowest BCUT2D eigenvalue weighted by atomic mass is 9.84. The van der Waals surface area contributed by atoms with Crippen LogP contribution in [0.15, 0.2) is 0 Å². The minimum Gasteiger partial charge on any atom is -0.389 e. The van der Waals surface area contributed by atoms with E-state index in [1.807, 2.05) is 4.90 Å². The molecule has 0 radical (unpaired) electrons. The Morgan fingerprint density at radius 2 is 2.09 bits per heavy atom. The van der Waals surface area contributed by atoms with Gasteiger partial charge in [0.1, 0.15) is 6.61 Å². The van der Waals surface area contributed by atoms with E-state index in [0.29, 0.717) is 19.7 Å². The molecule has 3 aliphatic rings. The molecule has 2 saturated heterocycles. The van der Waals surface area contributed by atoms with E-state index < -0.39 is 5.60 Å². The van der Waals surface area contributed by atoms with Crippen LogP contribution in [0.3, 0.4) is 0 Å². The van der Waals surface area contributed by atoms with Gasteiger partial charge in [-0.05, 0) is 12.8 Å². The first-order valence-corrected chi connectivity index (χ1v) is 8.46. The number of fused-ring (bicyclic) bond motifs is 1. The van der Waals surface area contributed by atoms with Gasteiger partial charge in [-0.1, -0.05) is 19.3 Å². The molecule has 2 heterocycles. The smallest absolute Gasteiger partial charge is 0.249 e. The summed E-state index contributed by atoms with van der Waals surface area (Å²) >= 11 is 0. The van der Waals surface area contributed by atoms with Gasteiger partial charge in [-0.2, -0.15) is 0 Å². The number of likely N-dealkylation sites (tertiary alicyclic amines) is 1. The highest BCUT2D eigenvalue weighted by Gasteiger charge is 2.44. The van der Waals surface area contributed by atoms with Crippen LogP contribution < -0.4 is 0 Å². The average molecular weight is 312 g/mol. The fourth-order valence-corrected chi connectivity index (χ4v) is 4.14. The van der Waals surface area contributed by atoms with Gasteiger partial charge in [0.15, 0.2) is 0 Å². The number of β-amino-alcohol motifs (C(OH)–C–C–N with tert-alkyl or cyclic N) is 1. The van der Waals surface area contributed by atoms with Crippen molar-refractivity contribution in [3.05, 3.63) is 0 Å². The highest BCUT2D eigenvalue weighted by atomic mass is 16.5. The molecule has 1 N–H and O–H groups in total. The highest BCUT2D eigenvalue weighted by molar-refractivity contribution is 5.78. The minimum atomic E-state index is -0.548. The fraction of sp³-hybridized carbons (Fsp3) is 0.938. The molecular weight excluding hydrogens is 284 g/mol. The van der Waals surface area contributed by atoms with Gasteiger partial charge in [0.25, 0.3) is 0 Å². The highest BCUT2D eigenvalue weighted by Crippen LogP contribution is 2.31. The van der Waals surface area contributed by atoms with Gasteiger partial charge in [-0.15, -0.1) is 0 Å². The maximum atomic E-state index is 12.1. The van der Waals surface area contributed by atoms with Crippen LogP contribution in [0.25, 0.3) is 0 Å². The summed E-state index contributed by atoms with van der Waals surface area (Å²) < 4.78 is 10.8. The van der Waals surface area contributed by atoms with Gasteiger partial charge in [0.2, 0.25) is 5.91 Å². The lowest BCUT2D eigenvalue weighted by Gasteiger charge is -2.37. The van der Waals surface area contributed by atoms with Crippen LogP contribution in [0, 0.1) is 0 Å². The Morgan fingerprint density at radius 1 is 1.32 bits per heavy atom. The van der Waals surface area contributed by atoms with E-state index in [1.165, 1.54) is 6.42 Å². The van der Waals surface area contributed by atoms with E-state index in [-0.39, 0.29) is 24.7 Å². The van der Waals surface area contributed by atoms with Gasteiger partial charge in [-0.25, -0.2) is 0 Å². The van der Waals surface area contributed by atoms with Crippen molar-refractivity contribution in [2.45, 2.75) is 49.9 Å². The zero-order valence-corrected chi connectivity index (χ0v) is 13.5. The van der Waals surface area contributed by atoms with E-state index in [2.05, 4.69) is 4.90 Å². The summed E-state index contributed by atoms with van der Waals surface area (Å²) in [7, 11) is 1.65. The third-order valence-electron chi connectivity index (χ3n) is 5.29. The molecule has 3 fully saturated rings. The molecule has 22 heavy (non-hydrogen) atoms. The Hall–Kier alpha value is -0.690.